The minimum absolute atomic E-state index is 0.128. The number of rotatable bonds is 5. The molecule has 2 rings (SSSR count). The molecule has 0 bridgehead atoms. The maximum Gasteiger partial charge on any atom is 0.232 e. The number of aromatic nitrogens is 2. The van der Waals surface area contributed by atoms with Crippen molar-refractivity contribution >= 4 is 11.8 Å². The van der Waals surface area contributed by atoms with Crippen LogP contribution in [-0.4, -0.2) is 39.9 Å². The van der Waals surface area contributed by atoms with E-state index >= 15 is 0 Å². The first-order chi connectivity index (χ1) is 10.6. The van der Waals surface area contributed by atoms with E-state index in [0.717, 1.165) is 13.0 Å². The van der Waals surface area contributed by atoms with Gasteiger partial charge in [0.1, 0.15) is 0 Å². The largest absolute Gasteiger partial charge is 0.344 e. The number of hydrogen-bond donors (Lipinski definition) is 1. The summed E-state index contributed by atoms with van der Waals surface area (Å²) < 4.78 is 5.29. The molecule has 0 unspecified atom stereocenters. The monoisotopic (exact) mass is 322 g/mol. The molecule has 1 aliphatic rings. The van der Waals surface area contributed by atoms with Crippen LogP contribution in [0.25, 0.3) is 0 Å². The summed E-state index contributed by atoms with van der Waals surface area (Å²) in [6.07, 6.45) is 1.75. The molecule has 1 N–H and O–H groups in total. The molecule has 2 amide bonds. The van der Waals surface area contributed by atoms with Crippen molar-refractivity contribution < 1.29 is 14.1 Å². The molecule has 2 heterocycles. The first-order valence-electron chi connectivity index (χ1n) is 8.03. The Balaban J connectivity index is 1.93. The predicted molar refractivity (Wildman–Crippen MR) is 84.6 cm³/mol. The standard InChI is InChI=1S/C16H26N4O3/c1-15(2,3)14-17-13(19-23-14)16(4,5)18-11(21)8-10-20-9-6-7-12(20)22/h6-10H2,1-5H3,(H,18,21). The number of carbonyl (C=O) groups excluding carboxylic acids is 2. The fourth-order valence-corrected chi connectivity index (χ4v) is 2.43. The van der Waals surface area contributed by atoms with Crippen molar-refractivity contribution in [3.05, 3.63) is 11.7 Å². The fourth-order valence-electron chi connectivity index (χ4n) is 2.43. The Hall–Kier alpha value is -1.92. The van der Waals surface area contributed by atoms with Gasteiger partial charge in [-0.3, -0.25) is 9.59 Å². The predicted octanol–water partition coefficient (Wildman–Crippen LogP) is 1.73. The minimum Gasteiger partial charge on any atom is -0.344 e. The molecule has 1 aromatic rings. The van der Waals surface area contributed by atoms with Crippen LogP contribution in [-0.2, 0) is 20.5 Å². The van der Waals surface area contributed by atoms with Gasteiger partial charge in [0.15, 0.2) is 5.82 Å². The van der Waals surface area contributed by atoms with E-state index in [2.05, 4.69) is 15.5 Å². The topological polar surface area (TPSA) is 88.3 Å². The van der Waals surface area contributed by atoms with Crippen LogP contribution >= 0.6 is 0 Å². The second-order valence-electron chi connectivity index (χ2n) is 7.58. The average Bonchev–Trinajstić information content (AvgIpc) is 3.04. The molecule has 1 aliphatic heterocycles. The molecule has 0 spiro atoms. The third kappa shape index (κ3) is 4.30. The van der Waals surface area contributed by atoms with Crippen molar-refractivity contribution in [2.24, 2.45) is 0 Å². The molecule has 0 atom stereocenters. The lowest BCUT2D eigenvalue weighted by Gasteiger charge is -2.23. The zero-order valence-corrected chi connectivity index (χ0v) is 14.6. The van der Waals surface area contributed by atoms with Gasteiger partial charge in [-0.05, 0) is 20.3 Å². The summed E-state index contributed by atoms with van der Waals surface area (Å²) in [5.74, 6) is 0.993. The van der Waals surface area contributed by atoms with Gasteiger partial charge < -0.3 is 14.7 Å². The van der Waals surface area contributed by atoms with Crippen LogP contribution in [0, 0.1) is 0 Å². The highest BCUT2D eigenvalue weighted by molar-refractivity contribution is 5.80. The average molecular weight is 322 g/mol. The van der Waals surface area contributed by atoms with Gasteiger partial charge in [-0.25, -0.2) is 0 Å². The van der Waals surface area contributed by atoms with Crippen LogP contribution in [0.3, 0.4) is 0 Å². The van der Waals surface area contributed by atoms with E-state index in [1.807, 2.05) is 34.6 Å². The van der Waals surface area contributed by atoms with Gasteiger partial charge in [-0.15, -0.1) is 0 Å². The molecular formula is C16H26N4O3. The highest BCUT2D eigenvalue weighted by atomic mass is 16.5. The zero-order valence-electron chi connectivity index (χ0n) is 14.6. The maximum atomic E-state index is 12.2. The van der Waals surface area contributed by atoms with E-state index in [0.29, 0.717) is 24.7 Å². The molecule has 0 saturated carbocycles. The van der Waals surface area contributed by atoms with Crippen molar-refractivity contribution in [2.45, 2.75) is 64.8 Å². The number of nitrogens with zero attached hydrogens (tertiary/aromatic N) is 3. The molecule has 1 fully saturated rings. The van der Waals surface area contributed by atoms with Crippen LogP contribution in [0.4, 0.5) is 0 Å². The normalized spacial score (nSPS) is 16.0. The molecule has 0 aliphatic carbocycles. The molecule has 23 heavy (non-hydrogen) atoms. The van der Waals surface area contributed by atoms with E-state index < -0.39 is 5.54 Å². The Morgan fingerprint density at radius 1 is 1.30 bits per heavy atom. The first kappa shape index (κ1) is 17.4. The van der Waals surface area contributed by atoms with Crippen molar-refractivity contribution in [3.63, 3.8) is 0 Å². The molecule has 7 nitrogen and oxygen atoms in total. The lowest BCUT2D eigenvalue weighted by molar-refractivity contribution is -0.128. The summed E-state index contributed by atoms with van der Waals surface area (Å²) in [5.41, 5.74) is -0.958. The lowest BCUT2D eigenvalue weighted by atomic mass is 9.97. The van der Waals surface area contributed by atoms with Gasteiger partial charge in [0.25, 0.3) is 0 Å². The van der Waals surface area contributed by atoms with E-state index in [1.165, 1.54) is 0 Å². The van der Waals surface area contributed by atoms with Crippen LogP contribution in [0.1, 0.15) is 65.6 Å². The van der Waals surface area contributed by atoms with Crippen LogP contribution < -0.4 is 5.32 Å². The van der Waals surface area contributed by atoms with Gasteiger partial charge in [0.05, 0.1) is 5.54 Å². The second kappa shape index (κ2) is 6.29. The maximum absolute atomic E-state index is 12.2. The van der Waals surface area contributed by atoms with Gasteiger partial charge in [0.2, 0.25) is 17.7 Å². The van der Waals surface area contributed by atoms with Gasteiger partial charge in [-0.1, -0.05) is 25.9 Å². The Labute approximate surface area is 136 Å². The number of nitrogens with one attached hydrogen (secondary N) is 1. The zero-order chi connectivity index (χ0) is 17.3. The summed E-state index contributed by atoms with van der Waals surface area (Å²) in [5, 5.41) is 6.91. The molecule has 1 saturated heterocycles. The third-order valence-electron chi connectivity index (χ3n) is 3.86. The SMILES string of the molecule is CC(C)(C)c1nc(C(C)(C)NC(=O)CCN2CCCC2=O)no1. The summed E-state index contributed by atoms with van der Waals surface area (Å²) in [4.78, 5) is 29.8. The number of amides is 2. The first-order valence-corrected chi connectivity index (χ1v) is 8.03. The van der Waals surface area contributed by atoms with Crippen molar-refractivity contribution in [1.29, 1.82) is 0 Å². The van der Waals surface area contributed by atoms with Gasteiger partial charge >= 0.3 is 0 Å². The quantitative estimate of drug-likeness (QED) is 0.892. The van der Waals surface area contributed by atoms with Gasteiger partial charge in [0, 0.05) is 31.3 Å². The minimum atomic E-state index is -0.723. The highest BCUT2D eigenvalue weighted by Gasteiger charge is 2.31. The molecule has 128 valence electrons. The lowest BCUT2D eigenvalue weighted by Crippen LogP contribution is -2.43. The molecule has 0 aromatic carbocycles. The molecule has 7 heteroatoms. The van der Waals surface area contributed by atoms with Crippen LogP contribution in [0.5, 0.6) is 0 Å². The Morgan fingerprint density at radius 3 is 2.52 bits per heavy atom. The van der Waals surface area contributed by atoms with Crippen LogP contribution in [0.2, 0.25) is 0 Å². The second-order valence-corrected chi connectivity index (χ2v) is 7.58. The van der Waals surface area contributed by atoms with Gasteiger partial charge in [-0.2, -0.15) is 4.98 Å². The molecular weight excluding hydrogens is 296 g/mol. The Morgan fingerprint density at radius 2 is 2.00 bits per heavy atom. The number of hydrogen-bond acceptors (Lipinski definition) is 5. The van der Waals surface area contributed by atoms with Crippen molar-refractivity contribution in [3.8, 4) is 0 Å². The van der Waals surface area contributed by atoms with E-state index in [4.69, 9.17) is 4.52 Å². The van der Waals surface area contributed by atoms with E-state index in [-0.39, 0.29) is 23.7 Å². The van der Waals surface area contributed by atoms with E-state index in [9.17, 15) is 9.59 Å². The van der Waals surface area contributed by atoms with E-state index in [1.54, 1.807) is 4.90 Å². The fraction of sp³-hybridized carbons (Fsp3) is 0.750. The number of likely N-dealkylation sites (tertiary alicyclic amines) is 1. The number of carbonyl (C=O) groups is 2. The summed E-state index contributed by atoms with van der Waals surface area (Å²) in [6.45, 7) is 10.8. The third-order valence-corrected chi connectivity index (χ3v) is 3.86. The smallest absolute Gasteiger partial charge is 0.232 e. The highest BCUT2D eigenvalue weighted by Crippen LogP contribution is 2.24. The summed E-state index contributed by atoms with van der Waals surface area (Å²) in [6, 6.07) is 0. The summed E-state index contributed by atoms with van der Waals surface area (Å²) in [7, 11) is 0. The Kier molecular flexibility index (Phi) is 4.77. The molecule has 1 aromatic heterocycles. The van der Waals surface area contributed by atoms with Crippen molar-refractivity contribution in [2.75, 3.05) is 13.1 Å². The molecule has 0 radical (unpaired) electrons. The van der Waals surface area contributed by atoms with Crippen LogP contribution in [0.15, 0.2) is 4.52 Å². The Bertz CT molecular complexity index is 586. The summed E-state index contributed by atoms with van der Waals surface area (Å²) >= 11 is 0. The van der Waals surface area contributed by atoms with Crippen molar-refractivity contribution in [1.82, 2.24) is 20.4 Å².